The van der Waals surface area contributed by atoms with Gasteiger partial charge in [0.15, 0.2) is 23.0 Å². The minimum absolute atomic E-state index is 0.0480. The highest BCUT2D eigenvalue weighted by Crippen LogP contribution is 2.57. The van der Waals surface area contributed by atoms with Crippen LogP contribution in [-0.2, 0) is 49.9 Å². The molecule has 20 heteroatoms. The molecule has 2 aliphatic heterocycles. The fourth-order valence-corrected chi connectivity index (χ4v) is 12.2. The van der Waals surface area contributed by atoms with Gasteiger partial charge in [0.05, 0.1) is 0 Å². The van der Waals surface area contributed by atoms with Crippen LogP contribution in [0.25, 0.3) is 0 Å². The molecule has 0 saturated carbocycles. The molecular formula is C52H52Br2O16S2. The van der Waals surface area contributed by atoms with Crippen molar-refractivity contribution in [1.82, 2.24) is 0 Å². The van der Waals surface area contributed by atoms with Crippen molar-refractivity contribution >= 4 is 103 Å². The molecule has 4 unspecified atom stereocenters. The van der Waals surface area contributed by atoms with Gasteiger partial charge in [0.25, 0.3) is 0 Å². The van der Waals surface area contributed by atoms with Gasteiger partial charge in [-0.2, -0.15) is 23.5 Å². The minimum Gasteiger partial charge on any atom is -0.426 e. The van der Waals surface area contributed by atoms with Crippen molar-refractivity contribution in [3.05, 3.63) is 88.8 Å². The van der Waals surface area contributed by atoms with Crippen LogP contribution in [0.5, 0.6) is 46.0 Å². The number of ether oxygens (including phenoxy) is 8. The van der Waals surface area contributed by atoms with E-state index in [-0.39, 0.29) is 66.4 Å². The normalized spacial score (nSPS) is 17.1. The lowest BCUT2D eigenvalue weighted by Gasteiger charge is -2.31. The second-order valence-corrected chi connectivity index (χ2v) is 21.0. The Morgan fingerprint density at radius 1 is 0.347 bits per heavy atom. The van der Waals surface area contributed by atoms with E-state index in [9.17, 15) is 38.4 Å². The zero-order chi connectivity index (χ0) is 53.2. The van der Waals surface area contributed by atoms with Crippen molar-refractivity contribution in [1.29, 1.82) is 0 Å². The Hall–Kier alpha value is -5.70. The number of benzene rings is 4. The molecular weight excluding hydrogens is 1100 g/mol. The monoisotopic (exact) mass is 1150 g/mol. The van der Waals surface area contributed by atoms with E-state index >= 15 is 0 Å². The fraction of sp³-hybridized carbons (Fsp3) is 0.385. The third-order valence-electron chi connectivity index (χ3n) is 11.8. The van der Waals surface area contributed by atoms with E-state index in [1.165, 1.54) is 78.9 Å². The Kier molecular flexibility index (Phi) is 17.8. The standard InChI is InChI=1S/C52H52Br2O16S2/c1-21-33-15-34-22(2)39-18-40(52(70-32(12)62)44(54)51(39)69-31(11)61)24(4)36-16-35(23(3)38-17-37(21)49(67-29(9)59)43(53)50(38)68-30(10)60)47(65-27(7)57)42(48(36)66-28(8)58)20-72-14-13-71-19-41(45(33)63-25(5)55)46(34)64-26(6)56/h15-18,21-24H,13-14,19-20H2,1-12H3. The molecule has 0 spiro atoms. The SMILES string of the molecule is CC(=O)Oc1c2cc(c(OC(C)=O)c1Br)C(C)c1cc3c(OC(C)=O)c(c1OC(C)=O)CSCCSCc1c(OC(C)=O)c(cc(c1OC(C)=O)C(C)c1cc(c(OC(C)=O)c(Br)c1OC(C)=O)C3C)C2C. The van der Waals surface area contributed by atoms with Crippen LogP contribution in [0.3, 0.4) is 0 Å². The molecule has 2 heterocycles. The lowest BCUT2D eigenvalue weighted by atomic mass is 9.79. The smallest absolute Gasteiger partial charge is 0.308 e. The summed E-state index contributed by atoms with van der Waals surface area (Å²) in [6.45, 7) is 16.9. The van der Waals surface area contributed by atoms with Crippen molar-refractivity contribution in [2.24, 2.45) is 0 Å². The van der Waals surface area contributed by atoms with Gasteiger partial charge in [-0.25, -0.2) is 0 Å². The van der Waals surface area contributed by atoms with Crippen LogP contribution in [-0.4, -0.2) is 59.3 Å². The third-order valence-corrected chi connectivity index (χ3v) is 15.5. The molecule has 7 rings (SSSR count). The van der Waals surface area contributed by atoms with Gasteiger partial charge in [0, 0.05) is 158 Å². The molecule has 0 amide bonds. The van der Waals surface area contributed by atoms with Gasteiger partial charge in [0.2, 0.25) is 0 Å². The number of fused-ring (bicyclic) bond motifs is 5. The molecule has 4 aromatic rings. The zero-order valence-corrected chi connectivity index (χ0v) is 46.4. The Morgan fingerprint density at radius 3 is 0.694 bits per heavy atom. The van der Waals surface area contributed by atoms with Gasteiger partial charge in [-0.1, -0.05) is 27.7 Å². The highest BCUT2D eigenvalue weighted by Gasteiger charge is 2.38. The largest absolute Gasteiger partial charge is 0.426 e. The van der Waals surface area contributed by atoms with Gasteiger partial charge < -0.3 is 37.9 Å². The number of esters is 8. The van der Waals surface area contributed by atoms with Crippen LogP contribution < -0.4 is 37.9 Å². The molecule has 10 bridgehead atoms. The number of carbonyl (C=O) groups excluding carboxylic acids is 8. The summed E-state index contributed by atoms with van der Waals surface area (Å²) in [5, 5.41) is 0. The van der Waals surface area contributed by atoms with Crippen LogP contribution in [0.2, 0.25) is 0 Å². The molecule has 0 N–H and O–H groups in total. The number of halogens is 2. The summed E-state index contributed by atoms with van der Waals surface area (Å²) in [6.07, 6.45) is 0. The second kappa shape index (κ2) is 23.0. The second-order valence-electron chi connectivity index (χ2n) is 17.2. The van der Waals surface area contributed by atoms with Crippen molar-refractivity contribution < 1.29 is 76.3 Å². The van der Waals surface area contributed by atoms with Crippen molar-refractivity contribution in [2.45, 2.75) is 118 Å². The average Bonchev–Trinajstić information content (AvgIpc) is 3.26. The first kappa shape index (κ1) is 55.6. The topological polar surface area (TPSA) is 210 Å². The van der Waals surface area contributed by atoms with Crippen LogP contribution in [0.4, 0.5) is 0 Å². The minimum atomic E-state index is -0.894. The van der Waals surface area contributed by atoms with E-state index in [0.29, 0.717) is 67.1 Å². The molecule has 16 nitrogen and oxygen atoms in total. The van der Waals surface area contributed by atoms with Crippen LogP contribution in [0, 0.1) is 0 Å². The molecule has 382 valence electrons. The zero-order valence-electron chi connectivity index (χ0n) is 41.6. The summed E-state index contributed by atoms with van der Waals surface area (Å²) in [4.78, 5) is 106. The Labute approximate surface area is 441 Å². The first-order valence-corrected chi connectivity index (χ1v) is 26.5. The highest BCUT2D eigenvalue weighted by molar-refractivity contribution is 9.11. The van der Waals surface area contributed by atoms with E-state index < -0.39 is 71.4 Å². The summed E-state index contributed by atoms with van der Waals surface area (Å²) < 4.78 is 48.6. The fourth-order valence-electron chi connectivity index (χ4n) is 8.83. The lowest BCUT2D eigenvalue weighted by Crippen LogP contribution is -2.18. The first-order chi connectivity index (χ1) is 33.8. The average molecular weight is 1160 g/mol. The molecule has 1 aliphatic carbocycles. The lowest BCUT2D eigenvalue weighted by molar-refractivity contribution is -0.133. The van der Waals surface area contributed by atoms with Gasteiger partial charge in [-0.3, -0.25) is 38.4 Å². The Bertz CT molecular complexity index is 2600. The summed E-state index contributed by atoms with van der Waals surface area (Å²) in [6, 6.07) is 6.76. The maximum atomic E-state index is 13.3. The number of hydrogen-bond acceptors (Lipinski definition) is 18. The van der Waals surface area contributed by atoms with Gasteiger partial charge in [0.1, 0.15) is 31.9 Å². The maximum absolute atomic E-state index is 13.3. The van der Waals surface area contributed by atoms with Crippen molar-refractivity contribution in [3.8, 4) is 46.0 Å². The number of rotatable bonds is 8. The molecule has 4 atom stereocenters. The van der Waals surface area contributed by atoms with E-state index in [0.717, 1.165) is 0 Å². The summed E-state index contributed by atoms with van der Waals surface area (Å²) in [7, 11) is 0. The Balaban J connectivity index is 2.02. The summed E-state index contributed by atoms with van der Waals surface area (Å²) in [5.74, 6) is -8.15. The predicted molar refractivity (Wildman–Crippen MR) is 274 cm³/mol. The quantitative estimate of drug-likeness (QED) is 0.119. The first-order valence-electron chi connectivity index (χ1n) is 22.6. The molecule has 3 aliphatic rings. The molecule has 72 heavy (non-hydrogen) atoms. The van der Waals surface area contributed by atoms with E-state index in [1.807, 2.05) is 0 Å². The van der Waals surface area contributed by atoms with Crippen molar-refractivity contribution in [3.63, 3.8) is 0 Å². The van der Waals surface area contributed by atoms with E-state index in [2.05, 4.69) is 31.9 Å². The number of hydrogen-bond donors (Lipinski definition) is 0. The molecule has 0 saturated heterocycles. The summed E-state index contributed by atoms with van der Waals surface area (Å²) in [5.41, 5.74) is 3.36. The molecule has 0 radical (unpaired) electrons. The third kappa shape index (κ3) is 11.9. The predicted octanol–water partition coefficient (Wildman–Crippen LogP) is 11.0. The number of thioether (sulfide) groups is 2. The van der Waals surface area contributed by atoms with Gasteiger partial charge in [-0.15, -0.1) is 0 Å². The molecule has 0 aromatic heterocycles. The van der Waals surface area contributed by atoms with Gasteiger partial charge in [-0.05, 0) is 56.1 Å². The molecule has 0 fully saturated rings. The van der Waals surface area contributed by atoms with Gasteiger partial charge >= 0.3 is 47.8 Å². The Morgan fingerprint density at radius 2 is 0.514 bits per heavy atom. The molecule has 4 aromatic carbocycles. The number of carbonyl (C=O) groups is 8. The summed E-state index contributed by atoms with van der Waals surface area (Å²) >= 11 is 10.1. The van der Waals surface area contributed by atoms with E-state index in [4.69, 9.17) is 37.9 Å². The van der Waals surface area contributed by atoms with E-state index in [1.54, 1.807) is 52.0 Å². The highest BCUT2D eigenvalue weighted by atomic mass is 79.9. The maximum Gasteiger partial charge on any atom is 0.308 e. The van der Waals surface area contributed by atoms with Crippen molar-refractivity contribution in [2.75, 3.05) is 11.5 Å². The van der Waals surface area contributed by atoms with Crippen LogP contribution in [0.15, 0.2) is 33.2 Å². The van der Waals surface area contributed by atoms with Crippen LogP contribution >= 0.6 is 55.4 Å². The van der Waals surface area contributed by atoms with Crippen LogP contribution in [0.1, 0.15) is 162 Å².